The van der Waals surface area contributed by atoms with Crippen LogP contribution in [0, 0.1) is 5.82 Å². The maximum atomic E-state index is 12.8. The number of halogens is 2. The number of ether oxygens (including phenoxy) is 1. The number of methoxy groups -OCH3 is 1. The van der Waals surface area contributed by atoms with Gasteiger partial charge in [0, 0.05) is 6.07 Å². The molecule has 0 saturated carbocycles. The van der Waals surface area contributed by atoms with E-state index in [1.807, 2.05) is 0 Å². The van der Waals surface area contributed by atoms with E-state index in [1.54, 1.807) is 0 Å². The number of hydrogen-bond donors (Lipinski definition) is 1. The second-order valence-electron chi connectivity index (χ2n) is 1.86. The zero-order valence-corrected chi connectivity index (χ0v) is 6.52. The van der Waals surface area contributed by atoms with Crippen molar-refractivity contribution in [1.29, 1.82) is 0 Å². The Bertz CT molecular complexity index is 280. The molecule has 0 aromatic carbocycles. The van der Waals surface area contributed by atoms with Crippen molar-refractivity contribution in [2.24, 2.45) is 0 Å². The third-order valence-electron chi connectivity index (χ3n) is 1.12. The molecule has 2 N–H and O–H groups in total. The molecule has 1 aromatic heterocycles. The Morgan fingerprint density at radius 1 is 1.73 bits per heavy atom. The van der Waals surface area contributed by atoms with Gasteiger partial charge in [-0.25, -0.2) is 0 Å². The number of pyridine rings is 1. The van der Waals surface area contributed by atoms with Crippen LogP contribution >= 0.6 is 11.6 Å². The Hall–Kier alpha value is -1.03. The van der Waals surface area contributed by atoms with E-state index < -0.39 is 5.82 Å². The van der Waals surface area contributed by atoms with E-state index in [0.717, 1.165) is 0 Å². The molecule has 5 heteroatoms. The zero-order valence-electron chi connectivity index (χ0n) is 5.77. The van der Waals surface area contributed by atoms with Crippen molar-refractivity contribution in [3.8, 4) is 5.88 Å². The molecule has 1 heterocycles. The Morgan fingerprint density at radius 3 is 2.91 bits per heavy atom. The summed E-state index contributed by atoms with van der Waals surface area (Å²) < 4.78 is 17.4. The van der Waals surface area contributed by atoms with Crippen molar-refractivity contribution < 1.29 is 9.13 Å². The van der Waals surface area contributed by atoms with E-state index in [0.29, 0.717) is 0 Å². The molecule has 11 heavy (non-hydrogen) atoms. The molecule has 0 unspecified atom stereocenters. The van der Waals surface area contributed by atoms with E-state index >= 15 is 0 Å². The molecule has 0 radical (unpaired) electrons. The third-order valence-corrected chi connectivity index (χ3v) is 1.31. The molecule has 0 atom stereocenters. The van der Waals surface area contributed by atoms with E-state index in [-0.39, 0.29) is 16.7 Å². The van der Waals surface area contributed by atoms with Crippen molar-refractivity contribution in [2.45, 2.75) is 0 Å². The lowest BCUT2D eigenvalue weighted by atomic mass is 10.4. The van der Waals surface area contributed by atoms with Crippen molar-refractivity contribution in [3.63, 3.8) is 0 Å². The van der Waals surface area contributed by atoms with E-state index in [9.17, 15) is 4.39 Å². The molecule has 0 spiro atoms. The van der Waals surface area contributed by atoms with Crippen LogP contribution in [-0.4, -0.2) is 12.1 Å². The smallest absolute Gasteiger partial charge is 0.253 e. The highest BCUT2D eigenvalue weighted by atomic mass is 35.5. The topological polar surface area (TPSA) is 48.1 Å². The molecule has 60 valence electrons. The lowest BCUT2D eigenvalue weighted by Gasteiger charge is -2.02. The molecule has 1 aromatic rings. The van der Waals surface area contributed by atoms with Crippen molar-refractivity contribution in [2.75, 3.05) is 12.8 Å². The minimum Gasteiger partial charge on any atom is -0.479 e. The van der Waals surface area contributed by atoms with Gasteiger partial charge in [0.25, 0.3) is 5.88 Å². The van der Waals surface area contributed by atoms with Gasteiger partial charge in [-0.2, -0.15) is 9.37 Å². The number of nitrogens with zero attached hydrogens (tertiary/aromatic N) is 1. The van der Waals surface area contributed by atoms with Gasteiger partial charge in [0.05, 0.1) is 12.8 Å². The van der Waals surface area contributed by atoms with Crippen LogP contribution in [0.1, 0.15) is 0 Å². The van der Waals surface area contributed by atoms with E-state index in [2.05, 4.69) is 9.72 Å². The van der Waals surface area contributed by atoms with E-state index in [1.165, 1.54) is 13.2 Å². The molecular weight excluding hydrogens is 171 g/mol. The number of aromatic nitrogens is 1. The average Bonchev–Trinajstić information content (AvgIpc) is 1.96. The van der Waals surface area contributed by atoms with Crippen LogP contribution < -0.4 is 10.5 Å². The van der Waals surface area contributed by atoms with Gasteiger partial charge < -0.3 is 10.5 Å². The fraction of sp³-hybridized carbons (Fsp3) is 0.167. The second-order valence-corrected chi connectivity index (χ2v) is 2.24. The highest BCUT2D eigenvalue weighted by Gasteiger charge is 2.08. The van der Waals surface area contributed by atoms with Gasteiger partial charge in [0.2, 0.25) is 5.82 Å². The van der Waals surface area contributed by atoms with Gasteiger partial charge in [-0.15, -0.1) is 0 Å². The number of hydrogen-bond acceptors (Lipinski definition) is 3. The first-order valence-corrected chi connectivity index (χ1v) is 3.18. The van der Waals surface area contributed by atoms with Gasteiger partial charge in [-0.3, -0.25) is 0 Å². The molecule has 3 nitrogen and oxygen atoms in total. The Morgan fingerprint density at radius 2 is 2.36 bits per heavy atom. The molecule has 0 aliphatic carbocycles. The fourth-order valence-electron chi connectivity index (χ4n) is 0.629. The van der Waals surface area contributed by atoms with Crippen LogP contribution in [-0.2, 0) is 0 Å². The van der Waals surface area contributed by atoms with E-state index in [4.69, 9.17) is 17.3 Å². The quantitative estimate of drug-likeness (QED) is 0.660. The standard InChI is InChI=1S/C6H6ClFN2O/c1-11-6-5(8)3(9)2-4(7)10-6/h2H,1H3,(H2,9,10). The Labute approximate surface area is 67.9 Å². The summed E-state index contributed by atoms with van der Waals surface area (Å²) in [6.45, 7) is 0. The first-order chi connectivity index (χ1) is 5.15. The number of nitrogen functional groups attached to an aromatic ring is 1. The SMILES string of the molecule is COc1nc(Cl)cc(N)c1F. The van der Waals surface area contributed by atoms with Gasteiger partial charge >= 0.3 is 0 Å². The summed E-state index contributed by atoms with van der Waals surface area (Å²) in [6.07, 6.45) is 0. The summed E-state index contributed by atoms with van der Waals surface area (Å²) in [5.41, 5.74) is 5.15. The van der Waals surface area contributed by atoms with Gasteiger partial charge in [0.1, 0.15) is 5.15 Å². The first kappa shape index (κ1) is 8.07. The van der Waals surface area contributed by atoms with Crippen molar-refractivity contribution >= 4 is 17.3 Å². The predicted molar refractivity (Wildman–Crippen MR) is 40.2 cm³/mol. The van der Waals surface area contributed by atoms with Crippen LogP contribution in [0.5, 0.6) is 5.88 Å². The summed E-state index contributed by atoms with van der Waals surface area (Å²) in [5.74, 6) is -0.869. The lowest BCUT2D eigenvalue weighted by Crippen LogP contribution is -1.97. The lowest BCUT2D eigenvalue weighted by molar-refractivity contribution is 0.370. The zero-order chi connectivity index (χ0) is 8.43. The molecule has 1 rings (SSSR count). The highest BCUT2D eigenvalue weighted by Crippen LogP contribution is 2.22. The molecule has 0 aliphatic heterocycles. The van der Waals surface area contributed by atoms with Gasteiger partial charge in [0.15, 0.2) is 0 Å². The predicted octanol–water partition coefficient (Wildman–Crippen LogP) is 1.46. The Balaban J connectivity index is 3.24. The van der Waals surface area contributed by atoms with Gasteiger partial charge in [-0.1, -0.05) is 11.6 Å². The molecular formula is C6H6ClFN2O. The average molecular weight is 177 g/mol. The highest BCUT2D eigenvalue weighted by molar-refractivity contribution is 6.29. The number of nitrogens with two attached hydrogens (primary N) is 1. The van der Waals surface area contributed by atoms with Crippen LogP contribution in [0.2, 0.25) is 5.15 Å². The molecule has 0 saturated heterocycles. The fourth-order valence-corrected chi connectivity index (χ4v) is 0.823. The monoisotopic (exact) mass is 176 g/mol. The normalized spacial score (nSPS) is 9.73. The summed E-state index contributed by atoms with van der Waals surface area (Å²) in [7, 11) is 1.29. The minimum atomic E-state index is -0.683. The van der Waals surface area contributed by atoms with Gasteiger partial charge in [-0.05, 0) is 0 Å². The molecule has 0 fully saturated rings. The van der Waals surface area contributed by atoms with Crippen LogP contribution in [0.3, 0.4) is 0 Å². The first-order valence-electron chi connectivity index (χ1n) is 2.80. The summed E-state index contributed by atoms with van der Waals surface area (Å²) in [4.78, 5) is 3.54. The third kappa shape index (κ3) is 1.51. The van der Waals surface area contributed by atoms with Crippen molar-refractivity contribution in [1.82, 2.24) is 4.98 Å². The minimum absolute atomic E-state index is 0.0677. The second kappa shape index (κ2) is 2.92. The summed E-state index contributed by atoms with van der Waals surface area (Å²) in [6, 6.07) is 1.22. The summed E-state index contributed by atoms with van der Waals surface area (Å²) >= 11 is 5.46. The molecule has 0 aliphatic rings. The molecule has 0 amide bonds. The largest absolute Gasteiger partial charge is 0.479 e. The number of anilines is 1. The maximum Gasteiger partial charge on any atom is 0.253 e. The molecule has 0 bridgehead atoms. The van der Waals surface area contributed by atoms with Crippen LogP contribution in [0.25, 0.3) is 0 Å². The Kier molecular flexibility index (Phi) is 2.14. The van der Waals surface area contributed by atoms with Crippen molar-refractivity contribution in [3.05, 3.63) is 17.0 Å². The number of rotatable bonds is 1. The van der Waals surface area contributed by atoms with Crippen LogP contribution in [0.4, 0.5) is 10.1 Å². The van der Waals surface area contributed by atoms with Crippen LogP contribution in [0.15, 0.2) is 6.07 Å². The summed E-state index contributed by atoms with van der Waals surface area (Å²) in [5, 5.41) is 0.112. The maximum absolute atomic E-state index is 12.8.